The van der Waals surface area contributed by atoms with Crippen LogP contribution < -0.4 is 0 Å². The van der Waals surface area contributed by atoms with Crippen molar-refractivity contribution < 1.29 is 4.79 Å². The van der Waals surface area contributed by atoms with Crippen molar-refractivity contribution in [2.45, 2.75) is 20.3 Å². The summed E-state index contributed by atoms with van der Waals surface area (Å²) in [5, 5.41) is 0. The zero-order valence-corrected chi connectivity index (χ0v) is 6.50. The van der Waals surface area contributed by atoms with Crippen LogP contribution in [0.1, 0.15) is 20.3 Å². The van der Waals surface area contributed by atoms with Gasteiger partial charge >= 0.3 is 0 Å². The molecule has 0 saturated heterocycles. The predicted molar refractivity (Wildman–Crippen MR) is 41.3 cm³/mol. The molecule has 1 atom stereocenters. The standard InChI is InChI=1S/C8H13NO/c1-6(2)8(10)7-3-4-9-5-7/h5-7H,3-4H2,1-2H3. The van der Waals surface area contributed by atoms with E-state index in [1.807, 2.05) is 13.8 Å². The molecular formula is C8H13NO. The molecule has 0 saturated carbocycles. The lowest BCUT2D eigenvalue weighted by Crippen LogP contribution is -2.18. The predicted octanol–water partition coefficient (Wildman–Crippen LogP) is 1.30. The zero-order valence-electron chi connectivity index (χ0n) is 6.50. The summed E-state index contributed by atoms with van der Waals surface area (Å²) in [5.74, 6) is 0.621. The van der Waals surface area contributed by atoms with Gasteiger partial charge in [0.05, 0.1) is 5.92 Å². The summed E-state index contributed by atoms with van der Waals surface area (Å²) in [6.45, 7) is 4.71. The molecule has 0 aromatic carbocycles. The lowest BCUT2D eigenvalue weighted by molar-refractivity contribution is -0.123. The molecule has 0 aromatic rings. The molecule has 56 valence electrons. The second kappa shape index (κ2) is 2.95. The van der Waals surface area contributed by atoms with Gasteiger partial charge in [-0.05, 0) is 6.42 Å². The van der Waals surface area contributed by atoms with Crippen LogP contribution in [-0.4, -0.2) is 18.5 Å². The zero-order chi connectivity index (χ0) is 7.56. The van der Waals surface area contributed by atoms with Gasteiger partial charge in [-0.2, -0.15) is 0 Å². The van der Waals surface area contributed by atoms with Crippen LogP contribution in [0, 0.1) is 11.8 Å². The number of hydrogen-bond acceptors (Lipinski definition) is 2. The third-order valence-electron chi connectivity index (χ3n) is 1.79. The Morgan fingerprint density at radius 2 is 2.40 bits per heavy atom. The van der Waals surface area contributed by atoms with Crippen LogP contribution in [0.4, 0.5) is 0 Å². The summed E-state index contributed by atoms with van der Waals surface area (Å²) in [7, 11) is 0. The van der Waals surface area contributed by atoms with Crippen molar-refractivity contribution in [1.82, 2.24) is 0 Å². The third-order valence-corrected chi connectivity index (χ3v) is 1.79. The van der Waals surface area contributed by atoms with E-state index in [0.717, 1.165) is 13.0 Å². The van der Waals surface area contributed by atoms with Crippen molar-refractivity contribution in [3.8, 4) is 0 Å². The van der Waals surface area contributed by atoms with Crippen LogP contribution in [-0.2, 0) is 4.79 Å². The molecule has 0 amide bonds. The van der Waals surface area contributed by atoms with Crippen LogP contribution in [0.15, 0.2) is 4.99 Å². The van der Waals surface area contributed by atoms with Gasteiger partial charge in [-0.25, -0.2) is 0 Å². The van der Waals surface area contributed by atoms with Gasteiger partial charge in [0.15, 0.2) is 0 Å². The maximum Gasteiger partial charge on any atom is 0.143 e. The monoisotopic (exact) mass is 139 g/mol. The van der Waals surface area contributed by atoms with Gasteiger partial charge in [0, 0.05) is 18.7 Å². The molecule has 0 N–H and O–H groups in total. The first-order valence-electron chi connectivity index (χ1n) is 3.75. The molecule has 0 spiro atoms. The SMILES string of the molecule is CC(C)C(=O)C1C=NCC1. The smallest absolute Gasteiger partial charge is 0.143 e. The minimum absolute atomic E-state index is 0.125. The van der Waals surface area contributed by atoms with E-state index in [1.165, 1.54) is 0 Å². The Balaban J connectivity index is 2.49. The topological polar surface area (TPSA) is 29.4 Å². The average Bonchev–Trinajstić information content (AvgIpc) is 2.36. The lowest BCUT2D eigenvalue weighted by Gasteiger charge is -2.06. The van der Waals surface area contributed by atoms with Crippen LogP contribution in [0.2, 0.25) is 0 Å². The molecule has 10 heavy (non-hydrogen) atoms. The van der Waals surface area contributed by atoms with Crippen molar-refractivity contribution >= 4 is 12.0 Å². The van der Waals surface area contributed by atoms with E-state index >= 15 is 0 Å². The molecule has 0 fully saturated rings. The molecule has 1 heterocycles. The minimum Gasteiger partial charge on any atom is -0.299 e. The molecule has 0 radical (unpaired) electrons. The van der Waals surface area contributed by atoms with E-state index in [9.17, 15) is 4.79 Å². The summed E-state index contributed by atoms with van der Waals surface area (Å²) >= 11 is 0. The Bertz CT molecular complexity index is 161. The van der Waals surface area contributed by atoms with Gasteiger partial charge in [0.1, 0.15) is 5.78 Å². The Labute approximate surface area is 61.3 Å². The highest BCUT2D eigenvalue weighted by Crippen LogP contribution is 2.13. The molecule has 1 aliphatic heterocycles. The molecule has 1 rings (SSSR count). The summed E-state index contributed by atoms with van der Waals surface area (Å²) in [4.78, 5) is 15.3. The highest BCUT2D eigenvalue weighted by molar-refractivity contribution is 5.96. The van der Waals surface area contributed by atoms with Gasteiger partial charge < -0.3 is 0 Å². The molecule has 1 aliphatic rings. The van der Waals surface area contributed by atoms with Gasteiger partial charge in [0.2, 0.25) is 0 Å². The number of ketones is 1. The van der Waals surface area contributed by atoms with Gasteiger partial charge in [-0.15, -0.1) is 0 Å². The van der Waals surface area contributed by atoms with Crippen molar-refractivity contribution in [3.63, 3.8) is 0 Å². The van der Waals surface area contributed by atoms with Crippen molar-refractivity contribution in [1.29, 1.82) is 0 Å². The van der Waals surface area contributed by atoms with Crippen LogP contribution >= 0.6 is 0 Å². The van der Waals surface area contributed by atoms with Crippen molar-refractivity contribution in [2.75, 3.05) is 6.54 Å². The third kappa shape index (κ3) is 1.43. The van der Waals surface area contributed by atoms with E-state index in [0.29, 0.717) is 5.78 Å². The molecule has 2 nitrogen and oxygen atoms in total. The lowest BCUT2D eigenvalue weighted by atomic mass is 9.95. The molecule has 0 aromatic heterocycles. The first-order valence-corrected chi connectivity index (χ1v) is 3.75. The Morgan fingerprint density at radius 1 is 1.70 bits per heavy atom. The second-order valence-electron chi connectivity index (χ2n) is 3.01. The number of hydrogen-bond donors (Lipinski definition) is 0. The second-order valence-corrected chi connectivity index (χ2v) is 3.01. The quantitative estimate of drug-likeness (QED) is 0.567. The molecule has 0 bridgehead atoms. The van der Waals surface area contributed by atoms with Gasteiger partial charge in [-0.3, -0.25) is 9.79 Å². The van der Waals surface area contributed by atoms with Crippen molar-refractivity contribution in [2.24, 2.45) is 16.8 Å². The highest BCUT2D eigenvalue weighted by atomic mass is 16.1. The van der Waals surface area contributed by atoms with Gasteiger partial charge in [-0.1, -0.05) is 13.8 Å². The number of carbonyl (C=O) groups is 1. The Kier molecular flexibility index (Phi) is 2.20. The molecular weight excluding hydrogens is 126 g/mol. The summed E-state index contributed by atoms with van der Waals surface area (Å²) in [6, 6.07) is 0. The average molecular weight is 139 g/mol. The highest BCUT2D eigenvalue weighted by Gasteiger charge is 2.21. The first-order chi connectivity index (χ1) is 4.72. The number of rotatable bonds is 2. The van der Waals surface area contributed by atoms with E-state index in [2.05, 4.69) is 4.99 Å². The normalized spacial score (nSPS) is 24.1. The molecule has 0 aliphatic carbocycles. The fraction of sp³-hybridized carbons (Fsp3) is 0.750. The summed E-state index contributed by atoms with van der Waals surface area (Å²) < 4.78 is 0. The van der Waals surface area contributed by atoms with E-state index < -0.39 is 0 Å². The van der Waals surface area contributed by atoms with E-state index in [-0.39, 0.29) is 11.8 Å². The Hall–Kier alpha value is -0.660. The van der Waals surface area contributed by atoms with Crippen molar-refractivity contribution in [3.05, 3.63) is 0 Å². The molecule has 2 heteroatoms. The van der Waals surface area contributed by atoms with E-state index in [4.69, 9.17) is 0 Å². The number of nitrogens with zero attached hydrogens (tertiary/aromatic N) is 1. The number of Topliss-reactive ketones (excluding diaryl/α,β-unsaturated/α-hetero) is 1. The fourth-order valence-corrected chi connectivity index (χ4v) is 1.13. The minimum atomic E-state index is 0.125. The van der Waals surface area contributed by atoms with Gasteiger partial charge in [0.25, 0.3) is 0 Å². The first kappa shape index (κ1) is 7.45. The van der Waals surface area contributed by atoms with Crippen LogP contribution in [0.5, 0.6) is 0 Å². The fourth-order valence-electron chi connectivity index (χ4n) is 1.13. The van der Waals surface area contributed by atoms with Crippen LogP contribution in [0.3, 0.4) is 0 Å². The van der Waals surface area contributed by atoms with E-state index in [1.54, 1.807) is 6.21 Å². The molecule has 1 unspecified atom stereocenters. The maximum absolute atomic E-state index is 11.3. The largest absolute Gasteiger partial charge is 0.299 e. The summed E-state index contributed by atoms with van der Waals surface area (Å²) in [5.41, 5.74) is 0. The maximum atomic E-state index is 11.3. The number of aliphatic imine (C=N–C) groups is 1. The number of carbonyl (C=O) groups excluding carboxylic acids is 1. The van der Waals surface area contributed by atoms with Crippen LogP contribution in [0.25, 0.3) is 0 Å². The summed E-state index contributed by atoms with van der Waals surface area (Å²) in [6.07, 6.45) is 2.72. The Morgan fingerprint density at radius 3 is 2.80 bits per heavy atom.